The van der Waals surface area contributed by atoms with E-state index in [-0.39, 0.29) is 16.8 Å². The van der Waals surface area contributed by atoms with Crippen LogP contribution in [0.15, 0.2) is 60.7 Å². The van der Waals surface area contributed by atoms with E-state index in [4.69, 9.17) is 4.74 Å². The topological polar surface area (TPSA) is 46.5 Å². The van der Waals surface area contributed by atoms with Gasteiger partial charge in [0.15, 0.2) is 0 Å². The van der Waals surface area contributed by atoms with E-state index in [0.29, 0.717) is 17.1 Å². The first-order chi connectivity index (χ1) is 15.9. The Morgan fingerprint density at radius 3 is 2.03 bits per heavy atom. The molecule has 0 atom stereocenters. The van der Waals surface area contributed by atoms with Crippen molar-refractivity contribution in [1.29, 1.82) is 0 Å². The number of carbonyl (C=O) groups excluding carboxylic acids is 1. The Labute approximate surface area is 203 Å². The highest BCUT2D eigenvalue weighted by Gasteiger charge is 2.25. The summed E-state index contributed by atoms with van der Waals surface area (Å²) in [6.45, 7) is 14.2. The van der Waals surface area contributed by atoms with Crippen molar-refractivity contribution >= 4 is 5.97 Å². The maximum Gasteiger partial charge on any atom is 0.343 e. The third kappa shape index (κ3) is 5.69. The van der Waals surface area contributed by atoms with Gasteiger partial charge in [-0.05, 0) is 93.1 Å². The molecule has 0 unspecified atom stereocenters. The Morgan fingerprint density at radius 2 is 1.47 bits per heavy atom. The number of carbonyl (C=O) groups is 1. The van der Waals surface area contributed by atoms with Gasteiger partial charge >= 0.3 is 5.97 Å². The molecular weight excluding hydrogens is 420 g/mol. The lowest BCUT2D eigenvalue weighted by molar-refractivity contribution is 0.0733. The van der Waals surface area contributed by atoms with Crippen LogP contribution in [-0.2, 0) is 11.8 Å². The molecule has 3 nitrogen and oxygen atoms in total. The molecule has 0 fully saturated rings. The summed E-state index contributed by atoms with van der Waals surface area (Å²) in [5, 5.41) is 9.87. The van der Waals surface area contributed by atoms with Crippen LogP contribution >= 0.6 is 0 Å². The monoisotopic (exact) mass is 454 g/mol. The predicted molar refractivity (Wildman–Crippen MR) is 138 cm³/mol. The van der Waals surface area contributed by atoms with E-state index in [9.17, 15) is 9.90 Å². The third-order valence-electron chi connectivity index (χ3n) is 6.32. The summed E-state index contributed by atoms with van der Waals surface area (Å²) in [6, 6.07) is 19.2. The van der Waals surface area contributed by atoms with Gasteiger partial charge in [0.25, 0.3) is 0 Å². The molecule has 0 radical (unpaired) electrons. The number of esters is 1. The molecule has 0 aliphatic heterocycles. The fourth-order valence-electron chi connectivity index (χ4n) is 4.17. The molecule has 3 aromatic rings. The second-order valence-corrected chi connectivity index (χ2v) is 10.1. The Kier molecular flexibility index (Phi) is 7.22. The van der Waals surface area contributed by atoms with Gasteiger partial charge in [-0.1, -0.05) is 56.2 Å². The zero-order valence-electron chi connectivity index (χ0n) is 21.2. The van der Waals surface area contributed by atoms with Gasteiger partial charge in [0.2, 0.25) is 0 Å². The number of benzene rings is 3. The summed E-state index contributed by atoms with van der Waals surface area (Å²) in [7, 11) is 0. The second-order valence-electron chi connectivity index (χ2n) is 10.1. The number of phenols is 1. The number of hydrogen-bond acceptors (Lipinski definition) is 3. The number of aromatic hydroxyl groups is 1. The van der Waals surface area contributed by atoms with E-state index in [0.717, 1.165) is 34.2 Å². The van der Waals surface area contributed by atoms with E-state index in [1.807, 2.05) is 69.3 Å². The number of aryl methyl sites for hydroxylation is 2. The highest BCUT2D eigenvalue weighted by Crippen LogP contribution is 2.35. The van der Waals surface area contributed by atoms with Crippen molar-refractivity contribution in [2.24, 2.45) is 5.41 Å². The van der Waals surface area contributed by atoms with E-state index < -0.39 is 0 Å². The molecule has 0 saturated carbocycles. The normalized spacial score (nSPS) is 11.5. The number of ether oxygens (including phenoxy) is 1. The van der Waals surface area contributed by atoms with Gasteiger partial charge < -0.3 is 9.84 Å². The summed E-state index contributed by atoms with van der Waals surface area (Å²) in [5.74, 6) is 6.68. The highest BCUT2D eigenvalue weighted by molar-refractivity contribution is 5.91. The van der Waals surface area contributed by atoms with Gasteiger partial charge in [-0.2, -0.15) is 0 Å². The van der Waals surface area contributed by atoms with Crippen molar-refractivity contribution in [3.63, 3.8) is 0 Å². The van der Waals surface area contributed by atoms with Crippen LogP contribution < -0.4 is 4.74 Å². The summed E-state index contributed by atoms with van der Waals surface area (Å²) in [4.78, 5) is 12.8. The molecule has 0 bridgehead atoms. The van der Waals surface area contributed by atoms with Crippen molar-refractivity contribution < 1.29 is 14.6 Å². The van der Waals surface area contributed by atoms with Crippen molar-refractivity contribution in [3.05, 3.63) is 94.0 Å². The molecule has 1 N–H and O–H groups in total. The quantitative estimate of drug-likeness (QED) is 0.244. The van der Waals surface area contributed by atoms with Crippen molar-refractivity contribution in [2.75, 3.05) is 0 Å². The van der Waals surface area contributed by atoms with Crippen LogP contribution in [0.5, 0.6) is 11.5 Å². The molecule has 0 saturated heterocycles. The van der Waals surface area contributed by atoms with E-state index >= 15 is 0 Å². The molecule has 0 aromatic heterocycles. The lowest BCUT2D eigenvalue weighted by Gasteiger charge is -2.27. The minimum Gasteiger partial charge on any atom is -0.508 e. The molecule has 3 rings (SSSR count). The molecule has 0 aliphatic carbocycles. The molecule has 176 valence electrons. The van der Waals surface area contributed by atoms with Crippen LogP contribution in [0.25, 0.3) is 0 Å². The summed E-state index contributed by atoms with van der Waals surface area (Å²) >= 11 is 0. The molecular formula is C31H34O3. The summed E-state index contributed by atoms with van der Waals surface area (Å²) < 4.78 is 5.72. The van der Waals surface area contributed by atoms with Crippen LogP contribution in [0.3, 0.4) is 0 Å². The average molecular weight is 455 g/mol. The largest absolute Gasteiger partial charge is 0.508 e. The van der Waals surface area contributed by atoms with Crippen LogP contribution in [0.1, 0.15) is 72.8 Å². The molecule has 3 heteroatoms. The molecule has 3 aromatic carbocycles. The fourth-order valence-corrected chi connectivity index (χ4v) is 4.17. The second kappa shape index (κ2) is 9.77. The van der Waals surface area contributed by atoms with Gasteiger partial charge in [0.1, 0.15) is 11.5 Å². The minimum atomic E-state index is -0.372. The van der Waals surface area contributed by atoms with Crippen LogP contribution in [-0.4, -0.2) is 11.1 Å². The van der Waals surface area contributed by atoms with Crippen LogP contribution in [0.4, 0.5) is 0 Å². The fraction of sp³-hybridized carbons (Fsp3) is 0.323. The first-order valence-corrected chi connectivity index (χ1v) is 11.6. The van der Waals surface area contributed by atoms with Crippen LogP contribution in [0.2, 0.25) is 0 Å². The Balaban J connectivity index is 1.75. The highest BCUT2D eigenvalue weighted by atomic mass is 16.5. The standard InChI is InChI=1S/C31H34O3/c1-8-17-30(4,5)20-23-9-11-24(12-10-23)29(33)34-28-16-14-26(19-22(28)3)31(6,7)25-13-15-27(32)21(2)18-25/h9-16,18-19,32H,20H2,1-7H3. The molecule has 0 amide bonds. The Hall–Kier alpha value is -3.51. The smallest absolute Gasteiger partial charge is 0.343 e. The molecule has 0 aliphatic rings. The SMILES string of the molecule is CC#CC(C)(C)Cc1ccc(C(=O)Oc2ccc(C(C)(C)c3ccc(O)c(C)c3)cc2C)cc1. The Bertz CT molecular complexity index is 1250. The van der Waals surface area contributed by atoms with Crippen molar-refractivity contribution in [2.45, 2.75) is 60.3 Å². The lowest BCUT2D eigenvalue weighted by Crippen LogP contribution is -2.19. The zero-order valence-corrected chi connectivity index (χ0v) is 21.2. The van der Waals surface area contributed by atoms with Crippen LogP contribution in [0, 0.1) is 31.1 Å². The molecule has 0 spiro atoms. The number of phenolic OH excluding ortho intramolecular Hbond substituents is 1. The van der Waals surface area contributed by atoms with Gasteiger partial charge in [-0.3, -0.25) is 0 Å². The zero-order chi connectivity index (χ0) is 25.1. The van der Waals surface area contributed by atoms with Gasteiger partial charge in [0, 0.05) is 10.8 Å². The van der Waals surface area contributed by atoms with Gasteiger partial charge in [0.05, 0.1) is 5.56 Å². The first kappa shape index (κ1) is 25.1. The molecule has 0 heterocycles. The Morgan fingerprint density at radius 1 is 0.882 bits per heavy atom. The lowest BCUT2D eigenvalue weighted by atomic mass is 9.77. The first-order valence-electron chi connectivity index (χ1n) is 11.6. The molecule has 34 heavy (non-hydrogen) atoms. The summed E-state index contributed by atoms with van der Waals surface area (Å²) in [6.07, 6.45) is 0.820. The van der Waals surface area contributed by atoms with Gasteiger partial charge in [-0.25, -0.2) is 4.79 Å². The maximum atomic E-state index is 12.8. The van der Waals surface area contributed by atoms with E-state index in [1.54, 1.807) is 6.07 Å². The van der Waals surface area contributed by atoms with E-state index in [1.165, 1.54) is 0 Å². The van der Waals surface area contributed by atoms with Crippen molar-refractivity contribution in [3.8, 4) is 23.3 Å². The summed E-state index contributed by atoms with van der Waals surface area (Å²) in [5.41, 5.74) is 5.24. The number of hydrogen-bond donors (Lipinski definition) is 1. The average Bonchev–Trinajstić information content (AvgIpc) is 2.77. The van der Waals surface area contributed by atoms with Crippen molar-refractivity contribution in [1.82, 2.24) is 0 Å². The predicted octanol–water partition coefficient (Wildman–Crippen LogP) is 7.15. The minimum absolute atomic E-state index is 0.109. The maximum absolute atomic E-state index is 12.8. The number of rotatable bonds is 6. The van der Waals surface area contributed by atoms with E-state index in [2.05, 4.69) is 45.6 Å². The third-order valence-corrected chi connectivity index (χ3v) is 6.32. The van der Waals surface area contributed by atoms with Gasteiger partial charge in [-0.15, -0.1) is 5.92 Å².